The van der Waals surface area contributed by atoms with E-state index < -0.39 is 5.60 Å². The van der Waals surface area contributed by atoms with E-state index in [1.807, 2.05) is 0 Å². The van der Waals surface area contributed by atoms with Crippen molar-refractivity contribution in [2.24, 2.45) is 0 Å². The van der Waals surface area contributed by atoms with Gasteiger partial charge in [0.1, 0.15) is 0 Å². The van der Waals surface area contributed by atoms with Crippen LogP contribution in [0.3, 0.4) is 0 Å². The van der Waals surface area contributed by atoms with Gasteiger partial charge < -0.3 is 20.4 Å². The summed E-state index contributed by atoms with van der Waals surface area (Å²) in [6.07, 6.45) is 4.75. The Morgan fingerprint density at radius 1 is 1.35 bits per heavy atom. The molecule has 1 saturated heterocycles. The average Bonchev–Trinajstić information content (AvgIpc) is 2.53. The van der Waals surface area contributed by atoms with Gasteiger partial charge in [0.15, 0.2) is 0 Å². The lowest BCUT2D eigenvalue weighted by atomic mass is 10.1. The zero-order valence-electron chi connectivity index (χ0n) is 11.3. The van der Waals surface area contributed by atoms with Gasteiger partial charge in [0.05, 0.1) is 12.2 Å². The summed E-state index contributed by atoms with van der Waals surface area (Å²) in [4.78, 5) is 2.52. The fourth-order valence-corrected chi connectivity index (χ4v) is 2.32. The van der Waals surface area contributed by atoms with Crippen LogP contribution >= 0.6 is 0 Å². The fourth-order valence-electron chi connectivity index (χ4n) is 2.32. The SMILES string of the molecule is CCCN1CCCC(NCC(C)(O)CO)CC1. The molecule has 1 heterocycles. The third-order valence-electron chi connectivity index (χ3n) is 3.47. The molecule has 1 aliphatic heterocycles. The Morgan fingerprint density at radius 2 is 2.12 bits per heavy atom. The number of nitrogens with zero attached hydrogens (tertiary/aromatic N) is 1. The summed E-state index contributed by atoms with van der Waals surface area (Å²) in [6.45, 7) is 7.71. The Hall–Kier alpha value is -0.160. The Labute approximate surface area is 105 Å². The van der Waals surface area contributed by atoms with E-state index in [0.717, 1.165) is 13.0 Å². The van der Waals surface area contributed by atoms with Gasteiger partial charge in [-0.1, -0.05) is 6.92 Å². The second-order valence-corrected chi connectivity index (χ2v) is 5.51. The first-order valence-electron chi connectivity index (χ1n) is 6.86. The lowest BCUT2D eigenvalue weighted by Crippen LogP contribution is -2.45. The molecule has 2 atom stereocenters. The molecule has 102 valence electrons. The maximum absolute atomic E-state index is 9.74. The number of hydrogen-bond donors (Lipinski definition) is 3. The van der Waals surface area contributed by atoms with Crippen LogP contribution in [0.5, 0.6) is 0 Å². The minimum Gasteiger partial charge on any atom is -0.393 e. The monoisotopic (exact) mass is 244 g/mol. The average molecular weight is 244 g/mol. The van der Waals surface area contributed by atoms with Crippen molar-refractivity contribution in [2.75, 3.05) is 32.8 Å². The number of nitrogens with one attached hydrogen (secondary N) is 1. The molecule has 2 unspecified atom stereocenters. The second-order valence-electron chi connectivity index (χ2n) is 5.51. The van der Waals surface area contributed by atoms with Gasteiger partial charge in [0, 0.05) is 12.6 Å². The summed E-state index contributed by atoms with van der Waals surface area (Å²) < 4.78 is 0. The van der Waals surface area contributed by atoms with Crippen LogP contribution in [-0.2, 0) is 0 Å². The molecule has 0 aromatic carbocycles. The highest BCUT2D eigenvalue weighted by molar-refractivity contribution is 4.80. The normalized spacial score (nSPS) is 26.5. The largest absolute Gasteiger partial charge is 0.393 e. The molecule has 1 rings (SSSR count). The van der Waals surface area contributed by atoms with Gasteiger partial charge in [-0.3, -0.25) is 0 Å². The zero-order valence-corrected chi connectivity index (χ0v) is 11.3. The van der Waals surface area contributed by atoms with Crippen molar-refractivity contribution in [1.82, 2.24) is 10.2 Å². The van der Waals surface area contributed by atoms with E-state index in [4.69, 9.17) is 5.11 Å². The standard InChI is InChI=1S/C13H28N2O2/c1-3-7-15-8-4-5-12(6-9-15)14-10-13(2,17)11-16/h12,14,16-17H,3-11H2,1-2H3. The first-order chi connectivity index (χ1) is 8.07. The molecular weight excluding hydrogens is 216 g/mol. The smallest absolute Gasteiger partial charge is 0.0972 e. The summed E-state index contributed by atoms with van der Waals surface area (Å²) in [5, 5.41) is 22.1. The van der Waals surface area contributed by atoms with E-state index in [9.17, 15) is 5.11 Å². The number of rotatable bonds is 6. The number of aliphatic hydroxyl groups is 2. The Kier molecular flexibility index (Phi) is 6.41. The lowest BCUT2D eigenvalue weighted by Gasteiger charge is -2.25. The fraction of sp³-hybridized carbons (Fsp3) is 1.00. The van der Waals surface area contributed by atoms with E-state index >= 15 is 0 Å². The zero-order chi connectivity index (χ0) is 12.7. The highest BCUT2D eigenvalue weighted by Gasteiger charge is 2.22. The van der Waals surface area contributed by atoms with Gasteiger partial charge in [-0.2, -0.15) is 0 Å². The minimum absolute atomic E-state index is 0.186. The van der Waals surface area contributed by atoms with Crippen LogP contribution < -0.4 is 5.32 Å². The van der Waals surface area contributed by atoms with Crippen molar-refractivity contribution in [3.63, 3.8) is 0 Å². The van der Waals surface area contributed by atoms with Crippen molar-refractivity contribution in [1.29, 1.82) is 0 Å². The van der Waals surface area contributed by atoms with Crippen molar-refractivity contribution >= 4 is 0 Å². The topological polar surface area (TPSA) is 55.7 Å². The Balaban J connectivity index is 2.27. The summed E-state index contributed by atoms with van der Waals surface area (Å²) >= 11 is 0. The van der Waals surface area contributed by atoms with E-state index in [2.05, 4.69) is 17.1 Å². The van der Waals surface area contributed by atoms with Gasteiger partial charge in [0.25, 0.3) is 0 Å². The molecule has 0 aromatic heterocycles. The van der Waals surface area contributed by atoms with Crippen molar-refractivity contribution in [3.8, 4) is 0 Å². The van der Waals surface area contributed by atoms with E-state index in [0.29, 0.717) is 12.6 Å². The summed E-state index contributed by atoms with van der Waals surface area (Å²) in [7, 11) is 0. The lowest BCUT2D eigenvalue weighted by molar-refractivity contribution is 0.000426. The van der Waals surface area contributed by atoms with Gasteiger partial charge in [-0.15, -0.1) is 0 Å². The van der Waals surface area contributed by atoms with E-state index in [1.54, 1.807) is 6.92 Å². The predicted molar refractivity (Wildman–Crippen MR) is 70.1 cm³/mol. The van der Waals surface area contributed by atoms with Crippen molar-refractivity contribution < 1.29 is 10.2 Å². The molecule has 0 bridgehead atoms. The van der Waals surface area contributed by atoms with Crippen LogP contribution in [0.25, 0.3) is 0 Å². The molecule has 3 N–H and O–H groups in total. The molecule has 4 heteroatoms. The first kappa shape index (κ1) is 14.9. The molecule has 1 aliphatic rings. The van der Waals surface area contributed by atoms with Crippen molar-refractivity contribution in [3.05, 3.63) is 0 Å². The predicted octanol–water partition coefficient (Wildman–Crippen LogP) is 0.584. The molecule has 4 nitrogen and oxygen atoms in total. The van der Waals surface area contributed by atoms with Crippen LogP contribution in [0.15, 0.2) is 0 Å². The van der Waals surface area contributed by atoms with E-state index in [-0.39, 0.29) is 6.61 Å². The molecule has 0 amide bonds. The molecule has 0 saturated carbocycles. The van der Waals surface area contributed by atoms with Crippen LogP contribution in [0.4, 0.5) is 0 Å². The Morgan fingerprint density at radius 3 is 2.76 bits per heavy atom. The third-order valence-corrected chi connectivity index (χ3v) is 3.47. The number of hydrogen-bond acceptors (Lipinski definition) is 4. The molecule has 0 spiro atoms. The minimum atomic E-state index is -0.991. The quantitative estimate of drug-likeness (QED) is 0.640. The second kappa shape index (κ2) is 7.31. The first-order valence-corrected chi connectivity index (χ1v) is 6.86. The van der Waals surface area contributed by atoms with Gasteiger partial charge in [-0.25, -0.2) is 0 Å². The maximum Gasteiger partial charge on any atom is 0.0972 e. The highest BCUT2D eigenvalue weighted by Crippen LogP contribution is 2.12. The maximum atomic E-state index is 9.74. The summed E-state index contributed by atoms with van der Waals surface area (Å²) in [6, 6.07) is 0.481. The van der Waals surface area contributed by atoms with Gasteiger partial charge in [0.2, 0.25) is 0 Å². The molecular formula is C13H28N2O2. The summed E-state index contributed by atoms with van der Waals surface area (Å²) in [5.74, 6) is 0. The van der Waals surface area contributed by atoms with Gasteiger partial charge in [-0.05, 0) is 52.2 Å². The summed E-state index contributed by atoms with van der Waals surface area (Å²) in [5.41, 5.74) is -0.991. The van der Waals surface area contributed by atoms with Crippen molar-refractivity contribution in [2.45, 2.75) is 51.2 Å². The Bertz CT molecular complexity index is 210. The number of aliphatic hydroxyl groups excluding tert-OH is 1. The molecule has 0 aromatic rings. The number of likely N-dealkylation sites (tertiary alicyclic amines) is 1. The van der Waals surface area contributed by atoms with Crippen LogP contribution in [0.2, 0.25) is 0 Å². The third kappa shape index (κ3) is 5.82. The van der Waals surface area contributed by atoms with Gasteiger partial charge >= 0.3 is 0 Å². The van der Waals surface area contributed by atoms with Crippen LogP contribution in [0, 0.1) is 0 Å². The highest BCUT2D eigenvalue weighted by atomic mass is 16.3. The molecule has 0 radical (unpaired) electrons. The molecule has 1 fully saturated rings. The van der Waals surface area contributed by atoms with E-state index in [1.165, 1.54) is 32.4 Å². The van der Waals surface area contributed by atoms with Crippen LogP contribution in [-0.4, -0.2) is 59.5 Å². The molecule has 17 heavy (non-hydrogen) atoms. The van der Waals surface area contributed by atoms with Crippen LogP contribution in [0.1, 0.15) is 39.5 Å². The molecule has 0 aliphatic carbocycles.